The molecule has 0 bridgehead atoms. The van der Waals surface area contributed by atoms with E-state index in [-0.39, 0.29) is 0 Å². The molecule has 2 fully saturated rings. The summed E-state index contributed by atoms with van der Waals surface area (Å²) < 4.78 is 0. The number of nitrogens with zero attached hydrogens (tertiary/aromatic N) is 1. The predicted molar refractivity (Wildman–Crippen MR) is 86.9 cm³/mol. The van der Waals surface area contributed by atoms with Crippen molar-refractivity contribution in [2.24, 2.45) is 11.3 Å². The lowest BCUT2D eigenvalue weighted by Crippen LogP contribution is -2.66. The molecular formula is C16H32N2S. The zero-order chi connectivity index (χ0) is 14.1. The topological polar surface area (TPSA) is 15.3 Å². The van der Waals surface area contributed by atoms with Gasteiger partial charge in [0.2, 0.25) is 0 Å². The lowest BCUT2D eigenvalue weighted by molar-refractivity contribution is 0.0251. The van der Waals surface area contributed by atoms with Crippen molar-refractivity contribution in [3.05, 3.63) is 0 Å². The molecule has 2 unspecified atom stereocenters. The first kappa shape index (κ1) is 15.7. The minimum absolute atomic E-state index is 0.370. The SMILES string of the molecule is CCSCCN1CC(C)(C2CC2)NCC1C(C)(C)C. The summed E-state index contributed by atoms with van der Waals surface area (Å²) in [7, 11) is 0. The van der Waals surface area contributed by atoms with Crippen LogP contribution in [0, 0.1) is 11.3 Å². The van der Waals surface area contributed by atoms with E-state index in [1.807, 2.05) is 0 Å². The Morgan fingerprint density at radius 1 is 1.32 bits per heavy atom. The van der Waals surface area contributed by atoms with Crippen LogP contribution in [0.25, 0.3) is 0 Å². The largest absolute Gasteiger partial charge is 0.308 e. The highest BCUT2D eigenvalue weighted by atomic mass is 32.2. The molecule has 112 valence electrons. The lowest BCUT2D eigenvalue weighted by Gasteiger charge is -2.51. The van der Waals surface area contributed by atoms with Crippen LogP contribution in [0.3, 0.4) is 0 Å². The Morgan fingerprint density at radius 2 is 2.00 bits per heavy atom. The van der Waals surface area contributed by atoms with Crippen LogP contribution in [0.15, 0.2) is 0 Å². The molecule has 2 nitrogen and oxygen atoms in total. The molecule has 1 N–H and O–H groups in total. The fourth-order valence-corrected chi connectivity index (χ4v) is 4.11. The van der Waals surface area contributed by atoms with Crippen LogP contribution in [0.4, 0.5) is 0 Å². The molecule has 1 saturated heterocycles. The fraction of sp³-hybridized carbons (Fsp3) is 1.00. The van der Waals surface area contributed by atoms with Gasteiger partial charge in [-0.05, 0) is 36.9 Å². The number of hydrogen-bond donors (Lipinski definition) is 1. The van der Waals surface area contributed by atoms with Gasteiger partial charge in [-0.15, -0.1) is 0 Å². The zero-order valence-corrected chi connectivity index (χ0v) is 14.3. The van der Waals surface area contributed by atoms with Crippen LogP contribution in [-0.4, -0.2) is 47.6 Å². The minimum Gasteiger partial charge on any atom is -0.308 e. The van der Waals surface area contributed by atoms with Crippen LogP contribution in [0.1, 0.15) is 47.5 Å². The highest BCUT2D eigenvalue weighted by Gasteiger charge is 2.47. The molecule has 0 spiro atoms. The molecule has 1 heterocycles. The van der Waals surface area contributed by atoms with Crippen molar-refractivity contribution in [1.82, 2.24) is 10.2 Å². The summed E-state index contributed by atoms with van der Waals surface area (Å²) in [4.78, 5) is 2.78. The average molecular weight is 285 g/mol. The van der Waals surface area contributed by atoms with Crippen molar-refractivity contribution in [2.75, 3.05) is 31.1 Å². The first-order valence-electron chi connectivity index (χ1n) is 7.93. The Labute approximate surface area is 124 Å². The second-order valence-corrected chi connectivity index (χ2v) is 9.02. The normalized spacial score (nSPS) is 33.6. The van der Waals surface area contributed by atoms with Crippen LogP contribution >= 0.6 is 11.8 Å². The van der Waals surface area contributed by atoms with Gasteiger partial charge in [0.25, 0.3) is 0 Å². The molecule has 1 saturated carbocycles. The van der Waals surface area contributed by atoms with Crippen molar-refractivity contribution in [3.63, 3.8) is 0 Å². The smallest absolute Gasteiger partial charge is 0.0309 e. The summed E-state index contributed by atoms with van der Waals surface area (Å²) in [6, 6.07) is 0.678. The monoisotopic (exact) mass is 284 g/mol. The molecular weight excluding hydrogens is 252 g/mol. The first-order chi connectivity index (χ1) is 8.87. The molecule has 0 amide bonds. The van der Waals surface area contributed by atoms with E-state index >= 15 is 0 Å². The second kappa shape index (κ2) is 5.95. The summed E-state index contributed by atoms with van der Waals surface area (Å²) in [5.74, 6) is 3.45. The predicted octanol–water partition coefficient (Wildman–Crippen LogP) is 3.23. The molecule has 0 aromatic heterocycles. The van der Waals surface area contributed by atoms with E-state index in [2.05, 4.69) is 56.6 Å². The standard InChI is InChI=1S/C16H32N2S/c1-6-19-10-9-18-12-16(5,13-7-8-13)17-11-14(18)15(2,3)4/h13-14,17H,6-12H2,1-5H3. The number of piperazine rings is 1. The summed E-state index contributed by atoms with van der Waals surface area (Å²) in [6.45, 7) is 15.5. The average Bonchev–Trinajstić information content (AvgIpc) is 3.11. The van der Waals surface area contributed by atoms with Crippen molar-refractivity contribution in [1.29, 1.82) is 0 Å². The van der Waals surface area contributed by atoms with Crippen molar-refractivity contribution < 1.29 is 0 Å². The Bertz CT molecular complexity index is 296. The van der Waals surface area contributed by atoms with Gasteiger partial charge in [-0.25, -0.2) is 0 Å². The van der Waals surface area contributed by atoms with E-state index in [0.717, 1.165) is 12.5 Å². The quantitative estimate of drug-likeness (QED) is 0.780. The van der Waals surface area contributed by atoms with Crippen LogP contribution in [0.5, 0.6) is 0 Å². The van der Waals surface area contributed by atoms with E-state index < -0.39 is 0 Å². The molecule has 2 rings (SSSR count). The Morgan fingerprint density at radius 3 is 2.53 bits per heavy atom. The Balaban J connectivity index is 2.00. The number of hydrogen-bond acceptors (Lipinski definition) is 3. The van der Waals surface area contributed by atoms with E-state index in [1.165, 1.54) is 37.4 Å². The van der Waals surface area contributed by atoms with E-state index in [1.54, 1.807) is 0 Å². The van der Waals surface area contributed by atoms with Crippen LogP contribution in [-0.2, 0) is 0 Å². The fourth-order valence-electron chi connectivity index (χ4n) is 3.46. The van der Waals surface area contributed by atoms with Crippen molar-refractivity contribution in [2.45, 2.75) is 59.0 Å². The molecule has 0 aromatic carbocycles. The van der Waals surface area contributed by atoms with Gasteiger partial charge in [-0.1, -0.05) is 27.7 Å². The highest BCUT2D eigenvalue weighted by Crippen LogP contribution is 2.42. The molecule has 2 atom stereocenters. The number of rotatable bonds is 5. The third kappa shape index (κ3) is 3.89. The van der Waals surface area contributed by atoms with Gasteiger partial charge in [0.1, 0.15) is 0 Å². The maximum atomic E-state index is 3.89. The van der Waals surface area contributed by atoms with Gasteiger partial charge in [0, 0.05) is 37.0 Å². The Hall–Kier alpha value is 0.270. The third-order valence-corrected chi connectivity index (χ3v) is 5.76. The summed E-state index contributed by atoms with van der Waals surface area (Å²) in [6.07, 6.45) is 2.86. The molecule has 19 heavy (non-hydrogen) atoms. The molecule has 2 aliphatic rings. The summed E-state index contributed by atoms with van der Waals surface area (Å²) in [5.41, 5.74) is 0.743. The summed E-state index contributed by atoms with van der Waals surface area (Å²) in [5, 5.41) is 3.89. The lowest BCUT2D eigenvalue weighted by atomic mass is 9.81. The molecule has 3 heteroatoms. The van der Waals surface area contributed by atoms with E-state index in [9.17, 15) is 0 Å². The summed E-state index contributed by atoms with van der Waals surface area (Å²) >= 11 is 2.08. The van der Waals surface area contributed by atoms with E-state index in [0.29, 0.717) is 17.0 Å². The van der Waals surface area contributed by atoms with Gasteiger partial charge in [-0.3, -0.25) is 4.90 Å². The van der Waals surface area contributed by atoms with Gasteiger partial charge in [0.05, 0.1) is 0 Å². The Kier molecular flexibility index (Phi) is 4.90. The van der Waals surface area contributed by atoms with Crippen LogP contribution < -0.4 is 5.32 Å². The molecule has 0 aromatic rings. The number of nitrogens with one attached hydrogen (secondary N) is 1. The molecule has 0 radical (unpaired) electrons. The molecule has 1 aliphatic carbocycles. The maximum absolute atomic E-state index is 3.89. The van der Waals surface area contributed by atoms with Crippen molar-refractivity contribution >= 4 is 11.8 Å². The van der Waals surface area contributed by atoms with Gasteiger partial charge >= 0.3 is 0 Å². The second-order valence-electron chi connectivity index (χ2n) is 7.62. The number of thioether (sulfide) groups is 1. The van der Waals surface area contributed by atoms with Gasteiger partial charge in [-0.2, -0.15) is 11.8 Å². The van der Waals surface area contributed by atoms with Crippen LogP contribution in [0.2, 0.25) is 0 Å². The van der Waals surface area contributed by atoms with Gasteiger partial charge in [0.15, 0.2) is 0 Å². The maximum Gasteiger partial charge on any atom is 0.0309 e. The van der Waals surface area contributed by atoms with E-state index in [4.69, 9.17) is 0 Å². The molecule has 1 aliphatic heterocycles. The van der Waals surface area contributed by atoms with Crippen molar-refractivity contribution in [3.8, 4) is 0 Å². The van der Waals surface area contributed by atoms with Gasteiger partial charge < -0.3 is 5.32 Å². The third-order valence-electron chi connectivity index (χ3n) is 4.88. The zero-order valence-electron chi connectivity index (χ0n) is 13.5. The minimum atomic E-state index is 0.370. The first-order valence-corrected chi connectivity index (χ1v) is 9.09. The highest BCUT2D eigenvalue weighted by molar-refractivity contribution is 7.99.